The standard InChI is InChI=1S/C15H28N2O/c18-15(17-14-9-10-14)8-5-11-16-12-13-6-3-1-2-4-7-13/h13-14,16H,1-12H2,(H,17,18). The molecule has 0 saturated heterocycles. The highest BCUT2D eigenvalue weighted by molar-refractivity contribution is 5.76. The molecule has 0 aromatic rings. The topological polar surface area (TPSA) is 41.1 Å². The molecule has 0 heterocycles. The molecule has 0 aromatic heterocycles. The van der Waals surface area contributed by atoms with Crippen LogP contribution in [0.1, 0.15) is 64.2 Å². The summed E-state index contributed by atoms with van der Waals surface area (Å²) in [6.07, 6.45) is 12.5. The van der Waals surface area contributed by atoms with Crippen molar-refractivity contribution in [2.24, 2.45) is 5.92 Å². The second kappa shape index (κ2) is 7.78. The van der Waals surface area contributed by atoms with E-state index in [1.807, 2.05) is 0 Å². The first-order valence-corrected chi connectivity index (χ1v) is 7.84. The van der Waals surface area contributed by atoms with Crippen molar-refractivity contribution in [1.82, 2.24) is 10.6 Å². The number of hydrogen-bond donors (Lipinski definition) is 2. The van der Waals surface area contributed by atoms with Gasteiger partial charge >= 0.3 is 0 Å². The fraction of sp³-hybridized carbons (Fsp3) is 0.933. The van der Waals surface area contributed by atoms with Crippen molar-refractivity contribution in [3.05, 3.63) is 0 Å². The Labute approximate surface area is 111 Å². The summed E-state index contributed by atoms with van der Waals surface area (Å²) >= 11 is 0. The Balaban J connectivity index is 1.43. The number of nitrogens with one attached hydrogen (secondary N) is 2. The lowest BCUT2D eigenvalue weighted by atomic mass is 10.0. The lowest BCUT2D eigenvalue weighted by Crippen LogP contribution is -2.27. The van der Waals surface area contributed by atoms with Crippen molar-refractivity contribution < 1.29 is 4.79 Å². The van der Waals surface area contributed by atoms with Gasteiger partial charge in [0.15, 0.2) is 0 Å². The molecule has 2 N–H and O–H groups in total. The average molecular weight is 252 g/mol. The van der Waals surface area contributed by atoms with Crippen LogP contribution >= 0.6 is 0 Å². The Kier molecular flexibility index (Phi) is 5.98. The van der Waals surface area contributed by atoms with Crippen molar-refractivity contribution >= 4 is 5.91 Å². The molecule has 0 aromatic carbocycles. The molecule has 2 rings (SSSR count). The maximum atomic E-state index is 11.5. The summed E-state index contributed by atoms with van der Waals surface area (Å²) in [6, 6.07) is 0.511. The molecule has 0 bridgehead atoms. The minimum Gasteiger partial charge on any atom is -0.353 e. The molecule has 2 saturated carbocycles. The smallest absolute Gasteiger partial charge is 0.220 e. The quantitative estimate of drug-likeness (QED) is 0.540. The van der Waals surface area contributed by atoms with Gasteiger partial charge in [-0.3, -0.25) is 4.79 Å². The van der Waals surface area contributed by atoms with Gasteiger partial charge in [0.05, 0.1) is 0 Å². The Hall–Kier alpha value is -0.570. The lowest BCUT2D eigenvalue weighted by Gasteiger charge is -2.14. The highest BCUT2D eigenvalue weighted by atomic mass is 16.1. The molecule has 3 nitrogen and oxygen atoms in total. The number of hydrogen-bond acceptors (Lipinski definition) is 2. The van der Waals surface area contributed by atoms with Crippen molar-refractivity contribution in [2.75, 3.05) is 13.1 Å². The predicted molar refractivity (Wildman–Crippen MR) is 74.5 cm³/mol. The van der Waals surface area contributed by atoms with Crippen molar-refractivity contribution in [1.29, 1.82) is 0 Å². The van der Waals surface area contributed by atoms with E-state index in [0.717, 1.165) is 25.4 Å². The third kappa shape index (κ3) is 5.85. The van der Waals surface area contributed by atoms with Gasteiger partial charge in [0.2, 0.25) is 5.91 Å². The second-order valence-corrected chi connectivity index (χ2v) is 6.01. The van der Waals surface area contributed by atoms with Gasteiger partial charge in [0.1, 0.15) is 0 Å². The summed E-state index contributed by atoms with van der Waals surface area (Å²) in [5.41, 5.74) is 0. The lowest BCUT2D eigenvalue weighted by molar-refractivity contribution is -0.121. The molecule has 0 aliphatic heterocycles. The van der Waals surface area contributed by atoms with Gasteiger partial charge in [-0.2, -0.15) is 0 Å². The van der Waals surface area contributed by atoms with Crippen molar-refractivity contribution in [3.8, 4) is 0 Å². The van der Waals surface area contributed by atoms with E-state index in [9.17, 15) is 4.79 Å². The highest BCUT2D eigenvalue weighted by Gasteiger charge is 2.22. The fourth-order valence-electron chi connectivity index (χ4n) is 2.78. The van der Waals surface area contributed by atoms with Crippen LogP contribution in [-0.2, 0) is 4.79 Å². The first-order valence-electron chi connectivity index (χ1n) is 7.84. The van der Waals surface area contributed by atoms with Gasteiger partial charge in [-0.25, -0.2) is 0 Å². The van der Waals surface area contributed by atoms with Gasteiger partial charge in [0.25, 0.3) is 0 Å². The Bertz CT molecular complexity index is 243. The molecule has 0 atom stereocenters. The monoisotopic (exact) mass is 252 g/mol. The largest absolute Gasteiger partial charge is 0.353 e. The van der Waals surface area contributed by atoms with Crippen LogP contribution in [0.5, 0.6) is 0 Å². The predicted octanol–water partition coefficient (Wildman–Crippen LogP) is 2.61. The normalized spacial score (nSPS) is 21.6. The minimum atomic E-state index is 0.244. The fourth-order valence-corrected chi connectivity index (χ4v) is 2.78. The van der Waals surface area contributed by atoms with Gasteiger partial charge in [0, 0.05) is 12.5 Å². The van der Waals surface area contributed by atoms with Gasteiger partial charge in [-0.15, -0.1) is 0 Å². The van der Waals surface area contributed by atoms with Crippen molar-refractivity contribution in [3.63, 3.8) is 0 Å². The molecular formula is C15H28N2O. The summed E-state index contributed by atoms with van der Waals surface area (Å²) in [5, 5.41) is 6.56. The summed E-state index contributed by atoms with van der Waals surface area (Å²) in [7, 11) is 0. The number of carbonyl (C=O) groups is 1. The minimum absolute atomic E-state index is 0.244. The zero-order valence-electron chi connectivity index (χ0n) is 11.5. The highest BCUT2D eigenvalue weighted by Crippen LogP contribution is 2.22. The van der Waals surface area contributed by atoms with E-state index in [2.05, 4.69) is 10.6 Å². The molecule has 0 unspecified atom stereocenters. The zero-order chi connectivity index (χ0) is 12.6. The van der Waals surface area contributed by atoms with E-state index in [1.54, 1.807) is 0 Å². The molecule has 3 heteroatoms. The summed E-state index contributed by atoms with van der Waals surface area (Å²) in [6.45, 7) is 2.15. The third-order valence-electron chi connectivity index (χ3n) is 4.11. The van der Waals surface area contributed by atoms with Crippen molar-refractivity contribution in [2.45, 2.75) is 70.3 Å². The maximum absolute atomic E-state index is 11.5. The van der Waals surface area contributed by atoms with Gasteiger partial charge in [-0.05, 0) is 51.1 Å². The maximum Gasteiger partial charge on any atom is 0.220 e. The third-order valence-corrected chi connectivity index (χ3v) is 4.11. The summed E-state index contributed by atoms with van der Waals surface area (Å²) in [4.78, 5) is 11.5. The van der Waals surface area contributed by atoms with Crippen LogP contribution in [0.3, 0.4) is 0 Å². The Morgan fingerprint density at radius 2 is 1.72 bits per heavy atom. The molecule has 2 aliphatic carbocycles. The number of carbonyl (C=O) groups excluding carboxylic acids is 1. The van der Waals surface area contributed by atoms with Crippen LogP contribution in [0.25, 0.3) is 0 Å². The van der Waals surface area contributed by atoms with E-state index in [1.165, 1.54) is 51.4 Å². The van der Waals surface area contributed by atoms with Crippen LogP contribution in [0.4, 0.5) is 0 Å². The van der Waals surface area contributed by atoms with Crippen LogP contribution in [0.2, 0.25) is 0 Å². The molecule has 0 spiro atoms. The molecule has 1 amide bonds. The van der Waals surface area contributed by atoms with E-state index >= 15 is 0 Å². The van der Waals surface area contributed by atoms with Crippen LogP contribution in [-0.4, -0.2) is 25.0 Å². The van der Waals surface area contributed by atoms with Crippen LogP contribution in [0.15, 0.2) is 0 Å². The van der Waals surface area contributed by atoms with E-state index in [0.29, 0.717) is 12.5 Å². The molecule has 2 aliphatic rings. The molecular weight excluding hydrogens is 224 g/mol. The molecule has 104 valence electrons. The average Bonchev–Trinajstić information content (AvgIpc) is 3.16. The van der Waals surface area contributed by atoms with E-state index in [-0.39, 0.29) is 5.91 Å². The number of amides is 1. The molecule has 18 heavy (non-hydrogen) atoms. The van der Waals surface area contributed by atoms with Crippen LogP contribution < -0.4 is 10.6 Å². The molecule has 2 fully saturated rings. The Morgan fingerprint density at radius 1 is 1.00 bits per heavy atom. The van der Waals surface area contributed by atoms with Gasteiger partial charge < -0.3 is 10.6 Å². The summed E-state index contributed by atoms with van der Waals surface area (Å²) < 4.78 is 0. The first-order chi connectivity index (χ1) is 8.84. The van der Waals surface area contributed by atoms with Crippen LogP contribution in [0, 0.1) is 5.92 Å². The van der Waals surface area contributed by atoms with E-state index in [4.69, 9.17) is 0 Å². The first kappa shape index (κ1) is 13.9. The second-order valence-electron chi connectivity index (χ2n) is 6.01. The SMILES string of the molecule is O=C(CCCNCC1CCCCCC1)NC1CC1. The van der Waals surface area contributed by atoms with Gasteiger partial charge in [-0.1, -0.05) is 25.7 Å². The number of rotatable bonds is 7. The molecule has 0 radical (unpaired) electrons. The summed E-state index contributed by atoms with van der Waals surface area (Å²) in [5.74, 6) is 1.13. The Morgan fingerprint density at radius 3 is 2.39 bits per heavy atom. The van der Waals surface area contributed by atoms with E-state index < -0.39 is 0 Å². The zero-order valence-corrected chi connectivity index (χ0v) is 11.5.